The molecule has 1 aromatic rings. The van der Waals surface area contributed by atoms with Crippen LogP contribution in [0.25, 0.3) is 0 Å². The average molecular weight is 314 g/mol. The molecule has 3 aliphatic heterocycles. The first-order valence-corrected chi connectivity index (χ1v) is 8.51. The van der Waals surface area contributed by atoms with Crippen LogP contribution in [0.15, 0.2) is 24.3 Å². The van der Waals surface area contributed by atoms with Crippen LogP contribution in [0.4, 0.5) is 5.69 Å². The third-order valence-corrected chi connectivity index (χ3v) is 5.16. The number of likely N-dealkylation sites (tertiary alicyclic amines) is 1. The van der Waals surface area contributed by atoms with E-state index < -0.39 is 0 Å². The van der Waals surface area contributed by atoms with E-state index in [0.717, 1.165) is 38.1 Å². The molecular formula is C18H22N2O3. The van der Waals surface area contributed by atoms with Crippen molar-refractivity contribution in [1.29, 1.82) is 0 Å². The van der Waals surface area contributed by atoms with Crippen LogP contribution in [0, 0.1) is 5.92 Å². The number of benzene rings is 1. The third kappa shape index (κ3) is 2.74. The van der Waals surface area contributed by atoms with Crippen molar-refractivity contribution in [2.75, 3.05) is 31.1 Å². The number of rotatable bonds is 3. The summed E-state index contributed by atoms with van der Waals surface area (Å²) in [6, 6.07) is 8.05. The van der Waals surface area contributed by atoms with E-state index in [1.54, 1.807) is 0 Å². The smallest absolute Gasteiger partial charge is 0.232 e. The van der Waals surface area contributed by atoms with Crippen molar-refractivity contribution in [3.05, 3.63) is 29.8 Å². The van der Waals surface area contributed by atoms with E-state index in [9.17, 15) is 9.59 Å². The number of fused-ring (bicyclic) bond motifs is 1. The molecule has 2 amide bonds. The molecule has 122 valence electrons. The number of ether oxygens (including phenoxy) is 1. The minimum atomic E-state index is -0.213. The Morgan fingerprint density at radius 3 is 3.00 bits per heavy atom. The molecule has 0 aromatic heterocycles. The van der Waals surface area contributed by atoms with Crippen LogP contribution in [0.1, 0.15) is 24.8 Å². The van der Waals surface area contributed by atoms with Crippen LogP contribution in [-0.4, -0.2) is 49.1 Å². The first-order valence-electron chi connectivity index (χ1n) is 8.51. The molecule has 0 saturated carbocycles. The van der Waals surface area contributed by atoms with Gasteiger partial charge in [0.1, 0.15) is 0 Å². The Bertz CT molecular complexity index is 624. The standard InChI is InChI=1S/C18H22N2O3/c21-17-10-14(11-19(17)12-15-5-3-9-23-15)18(22)20-8-7-13-4-1-2-6-16(13)20/h1-2,4,6,14-15H,3,5,7-12H2. The van der Waals surface area contributed by atoms with Gasteiger partial charge in [0.2, 0.25) is 11.8 Å². The molecule has 2 atom stereocenters. The fraction of sp³-hybridized carbons (Fsp3) is 0.556. The molecule has 5 nitrogen and oxygen atoms in total. The molecule has 0 bridgehead atoms. The monoisotopic (exact) mass is 314 g/mol. The minimum absolute atomic E-state index is 0.0892. The van der Waals surface area contributed by atoms with Gasteiger partial charge in [0.05, 0.1) is 12.0 Å². The van der Waals surface area contributed by atoms with Gasteiger partial charge in [-0.15, -0.1) is 0 Å². The highest BCUT2D eigenvalue weighted by molar-refractivity contribution is 6.00. The highest BCUT2D eigenvalue weighted by Crippen LogP contribution is 2.31. The van der Waals surface area contributed by atoms with Crippen molar-refractivity contribution in [1.82, 2.24) is 4.90 Å². The van der Waals surface area contributed by atoms with Gasteiger partial charge in [-0.2, -0.15) is 0 Å². The highest BCUT2D eigenvalue weighted by Gasteiger charge is 2.39. The quantitative estimate of drug-likeness (QED) is 0.851. The summed E-state index contributed by atoms with van der Waals surface area (Å²) in [5, 5.41) is 0. The van der Waals surface area contributed by atoms with Gasteiger partial charge in [0.25, 0.3) is 0 Å². The normalized spacial score (nSPS) is 26.9. The van der Waals surface area contributed by atoms with Gasteiger partial charge in [-0.3, -0.25) is 9.59 Å². The summed E-state index contributed by atoms with van der Waals surface area (Å²) in [5.74, 6) is -0.0282. The van der Waals surface area contributed by atoms with E-state index in [-0.39, 0.29) is 23.8 Å². The van der Waals surface area contributed by atoms with Crippen molar-refractivity contribution in [3.8, 4) is 0 Å². The van der Waals surface area contributed by atoms with Gasteiger partial charge < -0.3 is 14.5 Å². The number of nitrogens with zero attached hydrogens (tertiary/aromatic N) is 2. The number of hydrogen-bond acceptors (Lipinski definition) is 3. The van der Waals surface area contributed by atoms with E-state index in [1.807, 2.05) is 28.0 Å². The highest BCUT2D eigenvalue weighted by atomic mass is 16.5. The molecule has 3 aliphatic rings. The maximum atomic E-state index is 12.9. The zero-order valence-electron chi connectivity index (χ0n) is 13.2. The summed E-state index contributed by atoms with van der Waals surface area (Å²) in [6.45, 7) is 2.70. The van der Waals surface area contributed by atoms with E-state index >= 15 is 0 Å². The Hall–Kier alpha value is -1.88. The van der Waals surface area contributed by atoms with Gasteiger partial charge in [0, 0.05) is 38.3 Å². The van der Waals surface area contributed by atoms with Gasteiger partial charge in [-0.1, -0.05) is 18.2 Å². The molecule has 1 aromatic carbocycles. The van der Waals surface area contributed by atoms with E-state index in [1.165, 1.54) is 5.56 Å². The van der Waals surface area contributed by atoms with Crippen molar-refractivity contribution in [2.45, 2.75) is 31.8 Å². The fourth-order valence-electron chi connectivity index (χ4n) is 3.94. The second-order valence-corrected chi connectivity index (χ2v) is 6.70. The topological polar surface area (TPSA) is 49.9 Å². The predicted octanol–water partition coefficient (Wildman–Crippen LogP) is 1.60. The Morgan fingerprint density at radius 1 is 1.30 bits per heavy atom. The molecule has 2 saturated heterocycles. The predicted molar refractivity (Wildman–Crippen MR) is 86.2 cm³/mol. The number of carbonyl (C=O) groups is 2. The lowest BCUT2D eigenvalue weighted by Crippen LogP contribution is -2.37. The number of hydrogen-bond donors (Lipinski definition) is 0. The molecule has 3 heterocycles. The van der Waals surface area contributed by atoms with Crippen LogP contribution in [-0.2, 0) is 20.7 Å². The van der Waals surface area contributed by atoms with Gasteiger partial charge in [-0.25, -0.2) is 0 Å². The molecule has 0 radical (unpaired) electrons. The van der Waals surface area contributed by atoms with Crippen LogP contribution in [0.3, 0.4) is 0 Å². The van der Waals surface area contributed by atoms with Crippen LogP contribution in [0.2, 0.25) is 0 Å². The summed E-state index contributed by atoms with van der Waals surface area (Å²) >= 11 is 0. The second kappa shape index (κ2) is 5.96. The summed E-state index contributed by atoms with van der Waals surface area (Å²) in [4.78, 5) is 28.8. The molecule has 2 unspecified atom stereocenters. The van der Waals surface area contributed by atoms with Crippen molar-refractivity contribution < 1.29 is 14.3 Å². The number of amides is 2. The minimum Gasteiger partial charge on any atom is -0.376 e. The van der Waals surface area contributed by atoms with E-state index in [2.05, 4.69) is 6.07 Å². The SMILES string of the molecule is O=C1CC(C(=O)N2CCc3ccccc32)CN1CC1CCCO1. The van der Waals surface area contributed by atoms with Crippen LogP contribution in [0.5, 0.6) is 0 Å². The first-order chi connectivity index (χ1) is 11.2. The Morgan fingerprint density at radius 2 is 2.17 bits per heavy atom. The summed E-state index contributed by atoms with van der Waals surface area (Å²) in [7, 11) is 0. The number of para-hydroxylation sites is 1. The maximum Gasteiger partial charge on any atom is 0.232 e. The van der Waals surface area contributed by atoms with Crippen molar-refractivity contribution in [2.24, 2.45) is 5.92 Å². The average Bonchev–Trinajstić information content (AvgIpc) is 3.28. The lowest BCUT2D eigenvalue weighted by Gasteiger charge is -2.23. The Kier molecular flexibility index (Phi) is 3.81. The summed E-state index contributed by atoms with van der Waals surface area (Å²) in [6.07, 6.45) is 3.48. The molecule has 4 rings (SSSR count). The van der Waals surface area contributed by atoms with Crippen molar-refractivity contribution in [3.63, 3.8) is 0 Å². The largest absolute Gasteiger partial charge is 0.376 e. The van der Waals surface area contributed by atoms with Crippen LogP contribution < -0.4 is 4.90 Å². The Labute approximate surface area is 136 Å². The summed E-state index contributed by atoms with van der Waals surface area (Å²) in [5.41, 5.74) is 2.24. The molecule has 0 aliphatic carbocycles. The Balaban J connectivity index is 1.43. The van der Waals surface area contributed by atoms with Gasteiger partial charge in [-0.05, 0) is 30.9 Å². The molecule has 0 spiro atoms. The second-order valence-electron chi connectivity index (χ2n) is 6.70. The molecule has 2 fully saturated rings. The van der Waals surface area contributed by atoms with Gasteiger partial charge in [0.15, 0.2) is 0 Å². The molecule has 0 N–H and O–H groups in total. The summed E-state index contributed by atoms with van der Waals surface area (Å²) < 4.78 is 5.62. The zero-order valence-corrected chi connectivity index (χ0v) is 13.2. The lowest BCUT2D eigenvalue weighted by molar-refractivity contribution is -0.129. The number of anilines is 1. The first kappa shape index (κ1) is 14.7. The van der Waals surface area contributed by atoms with Crippen molar-refractivity contribution >= 4 is 17.5 Å². The van der Waals surface area contributed by atoms with E-state index in [4.69, 9.17) is 4.74 Å². The third-order valence-electron chi connectivity index (χ3n) is 5.16. The lowest BCUT2D eigenvalue weighted by atomic mass is 10.1. The van der Waals surface area contributed by atoms with Gasteiger partial charge >= 0.3 is 0 Å². The zero-order chi connectivity index (χ0) is 15.8. The maximum absolute atomic E-state index is 12.9. The van der Waals surface area contributed by atoms with Crippen LogP contribution >= 0.6 is 0 Å². The molecule has 5 heteroatoms. The van der Waals surface area contributed by atoms with E-state index in [0.29, 0.717) is 19.5 Å². The fourth-order valence-corrected chi connectivity index (χ4v) is 3.94. The molecular weight excluding hydrogens is 292 g/mol. The number of carbonyl (C=O) groups excluding carboxylic acids is 2. The molecule has 23 heavy (non-hydrogen) atoms.